The zero-order valence-corrected chi connectivity index (χ0v) is 26.2. The van der Waals surface area contributed by atoms with Crippen molar-refractivity contribution in [3.63, 3.8) is 0 Å². The van der Waals surface area contributed by atoms with Crippen LogP contribution in [0, 0.1) is 0 Å². The van der Waals surface area contributed by atoms with Gasteiger partial charge in [0.05, 0.1) is 0 Å². The van der Waals surface area contributed by atoms with E-state index in [0.717, 1.165) is 17.1 Å². The molecule has 0 N–H and O–H groups in total. The summed E-state index contributed by atoms with van der Waals surface area (Å²) < 4.78 is 0. The van der Waals surface area contributed by atoms with Crippen molar-refractivity contribution in [1.82, 2.24) is 0 Å². The number of benzene rings is 7. The molecule has 1 aliphatic rings. The molecule has 0 aliphatic heterocycles. The average molecular weight is 590 g/mol. The summed E-state index contributed by atoms with van der Waals surface area (Å²) in [6, 6.07) is 63.8. The van der Waals surface area contributed by atoms with Crippen LogP contribution >= 0.6 is 0 Å². The highest BCUT2D eigenvalue weighted by Gasteiger charge is 2.35. The first-order valence-electron chi connectivity index (χ1n) is 16.0. The molecule has 0 unspecified atom stereocenters. The van der Waals surface area contributed by atoms with E-state index in [4.69, 9.17) is 0 Å². The largest absolute Gasteiger partial charge is 0.310 e. The zero-order valence-electron chi connectivity index (χ0n) is 26.2. The molecule has 0 saturated heterocycles. The first kappa shape index (κ1) is 27.9. The monoisotopic (exact) mass is 589 g/mol. The third kappa shape index (κ3) is 4.91. The second kappa shape index (κ2) is 11.4. The van der Waals surface area contributed by atoms with Crippen LogP contribution in [0.5, 0.6) is 0 Å². The van der Waals surface area contributed by atoms with Gasteiger partial charge in [-0.2, -0.15) is 0 Å². The fourth-order valence-electron chi connectivity index (χ4n) is 7.07. The number of nitrogens with zero attached hydrogens (tertiary/aromatic N) is 1. The second-order valence-corrected chi connectivity index (χ2v) is 12.6. The van der Waals surface area contributed by atoms with Crippen LogP contribution in [0.3, 0.4) is 0 Å². The fourth-order valence-corrected chi connectivity index (χ4v) is 7.07. The summed E-state index contributed by atoms with van der Waals surface area (Å²) >= 11 is 0. The molecular formula is C45H35N. The van der Waals surface area contributed by atoms with Crippen molar-refractivity contribution in [2.45, 2.75) is 19.3 Å². The number of anilines is 3. The van der Waals surface area contributed by atoms with Gasteiger partial charge in [-0.3, -0.25) is 0 Å². The Morgan fingerprint density at radius 3 is 1.39 bits per heavy atom. The Hall–Kier alpha value is -5.66. The smallest absolute Gasteiger partial charge is 0.0467 e. The van der Waals surface area contributed by atoms with E-state index in [9.17, 15) is 0 Å². The number of fused-ring (bicyclic) bond motifs is 3. The van der Waals surface area contributed by atoms with Crippen LogP contribution in [0.4, 0.5) is 17.1 Å². The molecule has 46 heavy (non-hydrogen) atoms. The molecule has 0 bridgehead atoms. The Bertz CT molecular complexity index is 2180. The maximum Gasteiger partial charge on any atom is 0.0467 e. The van der Waals surface area contributed by atoms with E-state index in [0.29, 0.717) is 0 Å². The van der Waals surface area contributed by atoms with Crippen molar-refractivity contribution in [2.24, 2.45) is 0 Å². The van der Waals surface area contributed by atoms with Crippen LogP contribution in [-0.2, 0) is 5.41 Å². The van der Waals surface area contributed by atoms with Crippen LogP contribution in [0.15, 0.2) is 176 Å². The van der Waals surface area contributed by atoms with Crippen molar-refractivity contribution in [3.8, 4) is 44.5 Å². The normalized spacial score (nSPS) is 12.7. The zero-order chi connectivity index (χ0) is 31.1. The van der Waals surface area contributed by atoms with Crippen molar-refractivity contribution in [3.05, 3.63) is 187 Å². The van der Waals surface area contributed by atoms with Gasteiger partial charge in [-0.05, 0) is 98.1 Å². The molecule has 7 aromatic rings. The summed E-state index contributed by atoms with van der Waals surface area (Å²) in [4.78, 5) is 2.41. The predicted molar refractivity (Wildman–Crippen MR) is 195 cm³/mol. The Morgan fingerprint density at radius 2 is 0.761 bits per heavy atom. The Labute approximate surface area is 272 Å². The summed E-state index contributed by atoms with van der Waals surface area (Å²) in [5.41, 5.74) is 16.0. The molecule has 0 atom stereocenters. The summed E-state index contributed by atoms with van der Waals surface area (Å²) in [5.74, 6) is 0. The van der Waals surface area contributed by atoms with E-state index < -0.39 is 0 Å². The molecule has 0 amide bonds. The molecule has 0 radical (unpaired) electrons. The van der Waals surface area contributed by atoms with Gasteiger partial charge >= 0.3 is 0 Å². The van der Waals surface area contributed by atoms with Crippen LogP contribution < -0.4 is 4.90 Å². The van der Waals surface area contributed by atoms with Crippen molar-refractivity contribution >= 4 is 17.1 Å². The highest BCUT2D eigenvalue weighted by molar-refractivity contribution is 5.87. The lowest BCUT2D eigenvalue weighted by Gasteiger charge is -2.29. The van der Waals surface area contributed by atoms with Gasteiger partial charge in [-0.1, -0.05) is 147 Å². The van der Waals surface area contributed by atoms with Gasteiger partial charge in [0.25, 0.3) is 0 Å². The third-order valence-electron chi connectivity index (χ3n) is 9.44. The maximum absolute atomic E-state index is 2.41. The second-order valence-electron chi connectivity index (χ2n) is 12.6. The van der Waals surface area contributed by atoms with E-state index >= 15 is 0 Å². The summed E-state index contributed by atoms with van der Waals surface area (Å²) in [7, 11) is 0. The minimum Gasteiger partial charge on any atom is -0.310 e. The fraction of sp³-hybridized carbons (Fsp3) is 0.0667. The van der Waals surface area contributed by atoms with Crippen LogP contribution in [0.1, 0.15) is 25.0 Å². The van der Waals surface area contributed by atoms with Crippen molar-refractivity contribution in [1.29, 1.82) is 0 Å². The SMILES string of the molecule is CC1(C)c2ccccc2-c2ccc(N(c3cccc(-c4ccccc4)c3)c3cccc(-c4cccc(-c5ccccc5)c4)c3)cc21. The Morgan fingerprint density at radius 1 is 0.326 bits per heavy atom. The van der Waals surface area contributed by atoms with E-state index in [1.54, 1.807) is 0 Å². The lowest BCUT2D eigenvalue weighted by molar-refractivity contribution is 0.660. The molecular weight excluding hydrogens is 555 g/mol. The van der Waals surface area contributed by atoms with Gasteiger partial charge < -0.3 is 4.90 Å². The first-order chi connectivity index (χ1) is 22.6. The van der Waals surface area contributed by atoms with Crippen LogP contribution in [-0.4, -0.2) is 0 Å². The number of rotatable bonds is 6. The topological polar surface area (TPSA) is 3.24 Å². The molecule has 0 saturated carbocycles. The van der Waals surface area contributed by atoms with Gasteiger partial charge in [0.1, 0.15) is 0 Å². The molecule has 220 valence electrons. The Balaban J connectivity index is 1.28. The van der Waals surface area contributed by atoms with Gasteiger partial charge in [-0.25, -0.2) is 0 Å². The molecule has 0 aromatic heterocycles. The van der Waals surface area contributed by atoms with E-state index in [2.05, 4.69) is 195 Å². The summed E-state index contributed by atoms with van der Waals surface area (Å²) in [6.07, 6.45) is 0. The predicted octanol–water partition coefficient (Wildman–Crippen LogP) is 12.5. The van der Waals surface area contributed by atoms with Crippen LogP contribution in [0.2, 0.25) is 0 Å². The summed E-state index contributed by atoms with van der Waals surface area (Å²) in [6.45, 7) is 4.70. The minimum absolute atomic E-state index is 0.0841. The Kier molecular flexibility index (Phi) is 6.88. The minimum atomic E-state index is -0.0841. The molecule has 1 nitrogen and oxygen atoms in total. The lowest BCUT2D eigenvalue weighted by atomic mass is 9.82. The molecule has 0 heterocycles. The standard InChI is InChI=1S/C45H35N/c1-45(2)43-25-10-9-24-41(43)42-27-26-40(31-44(42)45)46(38-22-12-20-36(29-38)33-16-7-4-8-17-33)39-23-13-21-37(30-39)35-19-11-18-34(28-35)32-14-5-3-6-15-32/h3-31H,1-2H3. The van der Waals surface area contributed by atoms with Gasteiger partial charge in [0.2, 0.25) is 0 Å². The molecule has 1 heteroatoms. The van der Waals surface area contributed by atoms with Gasteiger partial charge in [0.15, 0.2) is 0 Å². The number of hydrogen-bond donors (Lipinski definition) is 0. The van der Waals surface area contributed by atoms with E-state index in [1.165, 1.54) is 55.6 Å². The van der Waals surface area contributed by atoms with Crippen LogP contribution in [0.25, 0.3) is 44.5 Å². The quantitative estimate of drug-likeness (QED) is 0.186. The van der Waals surface area contributed by atoms with Gasteiger partial charge in [0, 0.05) is 22.5 Å². The maximum atomic E-state index is 2.41. The molecule has 7 aromatic carbocycles. The molecule has 0 fully saturated rings. The highest BCUT2D eigenvalue weighted by atomic mass is 15.1. The molecule has 8 rings (SSSR count). The van der Waals surface area contributed by atoms with E-state index in [1.807, 2.05) is 0 Å². The number of hydrogen-bond acceptors (Lipinski definition) is 1. The first-order valence-corrected chi connectivity index (χ1v) is 16.0. The van der Waals surface area contributed by atoms with E-state index in [-0.39, 0.29) is 5.41 Å². The van der Waals surface area contributed by atoms with Crippen molar-refractivity contribution in [2.75, 3.05) is 4.90 Å². The van der Waals surface area contributed by atoms with Gasteiger partial charge in [-0.15, -0.1) is 0 Å². The summed E-state index contributed by atoms with van der Waals surface area (Å²) in [5, 5.41) is 0. The van der Waals surface area contributed by atoms with Crippen molar-refractivity contribution < 1.29 is 0 Å². The lowest BCUT2D eigenvalue weighted by Crippen LogP contribution is -2.16. The third-order valence-corrected chi connectivity index (χ3v) is 9.44. The molecule has 1 aliphatic carbocycles. The molecule has 0 spiro atoms. The highest BCUT2D eigenvalue weighted by Crippen LogP contribution is 2.50. The average Bonchev–Trinajstić information content (AvgIpc) is 3.35.